The lowest BCUT2D eigenvalue weighted by molar-refractivity contribution is -0.120. The first-order valence-electron chi connectivity index (χ1n) is 5.83. The molecule has 5 heteroatoms. The van der Waals surface area contributed by atoms with Gasteiger partial charge in [0.05, 0.1) is 5.54 Å². The average Bonchev–Trinajstić information content (AvgIpc) is 2.31. The molecule has 1 atom stereocenters. The number of carbonyl (C=O) groups is 2. The minimum Gasteiger partial charge on any atom is -0.326 e. The number of carbonyl (C=O) groups excluding carboxylic acids is 2. The van der Waals surface area contributed by atoms with Crippen LogP contribution in [0.25, 0.3) is 0 Å². The van der Waals surface area contributed by atoms with Crippen molar-refractivity contribution < 1.29 is 9.59 Å². The van der Waals surface area contributed by atoms with Crippen LogP contribution in [-0.2, 0) is 9.59 Å². The number of amides is 2. The second-order valence-electron chi connectivity index (χ2n) is 4.48. The van der Waals surface area contributed by atoms with Gasteiger partial charge in [-0.3, -0.25) is 9.59 Å². The summed E-state index contributed by atoms with van der Waals surface area (Å²) in [5.41, 5.74) is 6.29. The van der Waals surface area contributed by atoms with Crippen molar-refractivity contribution >= 4 is 23.2 Å². The zero-order valence-corrected chi connectivity index (χ0v) is 10.9. The minimum absolute atomic E-state index is 0.132. The van der Waals surface area contributed by atoms with Gasteiger partial charge in [0.15, 0.2) is 0 Å². The molecule has 0 heterocycles. The molecule has 0 aliphatic heterocycles. The summed E-state index contributed by atoms with van der Waals surface area (Å²) in [6.07, 6.45) is 0.558. The molecule has 0 saturated carbocycles. The van der Waals surface area contributed by atoms with Crippen LogP contribution in [0.1, 0.15) is 27.2 Å². The van der Waals surface area contributed by atoms with Crippen molar-refractivity contribution in [2.45, 2.75) is 32.7 Å². The van der Waals surface area contributed by atoms with E-state index in [0.29, 0.717) is 17.8 Å². The fraction of sp³-hybridized carbons (Fsp3) is 0.385. The summed E-state index contributed by atoms with van der Waals surface area (Å²) >= 11 is 0. The lowest BCUT2D eigenvalue weighted by atomic mass is 9.99. The number of benzene rings is 1. The monoisotopic (exact) mass is 249 g/mol. The Hall–Kier alpha value is -1.88. The van der Waals surface area contributed by atoms with Gasteiger partial charge in [-0.15, -0.1) is 0 Å². The molecular formula is C13H19N3O2. The van der Waals surface area contributed by atoms with Crippen LogP contribution < -0.4 is 16.4 Å². The van der Waals surface area contributed by atoms with E-state index in [0.717, 1.165) is 0 Å². The van der Waals surface area contributed by atoms with Crippen molar-refractivity contribution in [1.29, 1.82) is 0 Å². The van der Waals surface area contributed by atoms with Gasteiger partial charge in [-0.05, 0) is 37.6 Å². The largest absolute Gasteiger partial charge is 0.326 e. The molecule has 0 aromatic heterocycles. The normalized spacial score (nSPS) is 13.6. The zero-order chi connectivity index (χ0) is 13.8. The van der Waals surface area contributed by atoms with Crippen molar-refractivity contribution in [3.8, 4) is 0 Å². The maximum Gasteiger partial charge on any atom is 0.244 e. The first-order valence-corrected chi connectivity index (χ1v) is 5.83. The third-order valence-electron chi connectivity index (χ3n) is 2.72. The Morgan fingerprint density at radius 3 is 2.00 bits per heavy atom. The number of rotatable bonds is 4. The highest BCUT2D eigenvalue weighted by Gasteiger charge is 2.25. The molecule has 1 rings (SSSR count). The molecule has 2 amide bonds. The Morgan fingerprint density at radius 1 is 1.17 bits per heavy atom. The topological polar surface area (TPSA) is 84.2 Å². The van der Waals surface area contributed by atoms with Crippen LogP contribution in [0.2, 0.25) is 0 Å². The molecule has 1 aromatic rings. The molecular weight excluding hydrogens is 230 g/mol. The van der Waals surface area contributed by atoms with E-state index in [1.54, 1.807) is 31.2 Å². The standard InChI is InChI=1S/C13H19N3O2/c1-4-13(3,14)12(18)16-11-7-5-10(6-8-11)15-9(2)17/h5-8H,4,14H2,1-3H3,(H,15,17)(H,16,18). The van der Waals surface area contributed by atoms with Crippen molar-refractivity contribution in [3.63, 3.8) is 0 Å². The fourth-order valence-corrected chi connectivity index (χ4v) is 1.27. The molecule has 1 aromatic carbocycles. The maximum atomic E-state index is 11.8. The number of anilines is 2. The van der Waals surface area contributed by atoms with Crippen LogP contribution in [0, 0.1) is 0 Å². The van der Waals surface area contributed by atoms with E-state index in [4.69, 9.17) is 5.73 Å². The van der Waals surface area contributed by atoms with Crippen LogP contribution >= 0.6 is 0 Å². The van der Waals surface area contributed by atoms with Crippen LogP contribution in [0.3, 0.4) is 0 Å². The van der Waals surface area contributed by atoms with E-state index in [1.165, 1.54) is 6.92 Å². The summed E-state index contributed by atoms with van der Waals surface area (Å²) in [4.78, 5) is 22.7. The molecule has 0 spiro atoms. The molecule has 98 valence electrons. The fourth-order valence-electron chi connectivity index (χ4n) is 1.27. The van der Waals surface area contributed by atoms with Gasteiger partial charge >= 0.3 is 0 Å². The van der Waals surface area contributed by atoms with E-state index >= 15 is 0 Å². The van der Waals surface area contributed by atoms with Crippen LogP contribution in [-0.4, -0.2) is 17.4 Å². The van der Waals surface area contributed by atoms with Gasteiger partial charge in [0, 0.05) is 18.3 Å². The highest BCUT2D eigenvalue weighted by molar-refractivity contribution is 5.98. The molecule has 18 heavy (non-hydrogen) atoms. The predicted octanol–water partition coefficient (Wildman–Crippen LogP) is 1.71. The summed E-state index contributed by atoms with van der Waals surface area (Å²) in [6, 6.07) is 6.87. The smallest absolute Gasteiger partial charge is 0.244 e. The number of hydrogen-bond acceptors (Lipinski definition) is 3. The number of nitrogens with two attached hydrogens (primary N) is 1. The summed E-state index contributed by atoms with van der Waals surface area (Å²) in [5.74, 6) is -0.357. The molecule has 0 fully saturated rings. The lowest BCUT2D eigenvalue weighted by Crippen LogP contribution is -2.47. The van der Waals surface area contributed by atoms with Crippen LogP contribution in [0.5, 0.6) is 0 Å². The van der Waals surface area contributed by atoms with Gasteiger partial charge in [-0.2, -0.15) is 0 Å². The maximum absolute atomic E-state index is 11.8. The molecule has 0 aliphatic carbocycles. The van der Waals surface area contributed by atoms with E-state index in [2.05, 4.69) is 10.6 Å². The Bertz CT molecular complexity index is 438. The summed E-state index contributed by atoms with van der Waals surface area (Å²) in [5, 5.41) is 5.39. The quantitative estimate of drug-likeness (QED) is 0.759. The van der Waals surface area contributed by atoms with Crippen molar-refractivity contribution in [2.75, 3.05) is 10.6 Å². The van der Waals surface area contributed by atoms with Gasteiger partial charge < -0.3 is 16.4 Å². The molecule has 1 unspecified atom stereocenters. The second-order valence-corrected chi connectivity index (χ2v) is 4.48. The van der Waals surface area contributed by atoms with E-state index < -0.39 is 5.54 Å². The Balaban J connectivity index is 2.69. The molecule has 0 saturated heterocycles. The van der Waals surface area contributed by atoms with Gasteiger partial charge in [0.2, 0.25) is 11.8 Å². The SMILES string of the molecule is CCC(C)(N)C(=O)Nc1ccc(NC(C)=O)cc1. The van der Waals surface area contributed by atoms with Crippen molar-refractivity contribution in [2.24, 2.45) is 5.73 Å². The second kappa shape index (κ2) is 5.64. The van der Waals surface area contributed by atoms with Gasteiger partial charge in [-0.25, -0.2) is 0 Å². The van der Waals surface area contributed by atoms with Crippen molar-refractivity contribution in [1.82, 2.24) is 0 Å². The van der Waals surface area contributed by atoms with Gasteiger partial charge in [0.1, 0.15) is 0 Å². The van der Waals surface area contributed by atoms with Gasteiger partial charge in [0.25, 0.3) is 0 Å². The third-order valence-corrected chi connectivity index (χ3v) is 2.72. The van der Waals surface area contributed by atoms with Crippen LogP contribution in [0.15, 0.2) is 24.3 Å². The molecule has 4 N–H and O–H groups in total. The first kappa shape index (κ1) is 14.2. The summed E-state index contributed by atoms with van der Waals surface area (Å²) in [7, 11) is 0. The average molecular weight is 249 g/mol. The lowest BCUT2D eigenvalue weighted by Gasteiger charge is -2.21. The molecule has 0 radical (unpaired) electrons. The third kappa shape index (κ3) is 3.85. The molecule has 0 bridgehead atoms. The van der Waals surface area contributed by atoms with E-state index in [1.807, 2.05) is 6.92 Å². The highest BCUT2D eigenvalue weighted by Crippen LogP contribution is 2.15. The van der Waals surface area contributed by atoms with Crippen molar-refractivity contribution in [3.05, 3.63) is 24.3 Å². The molecule has 0 aliphatic rings. The first-order chi connectivity index (χ1) is 8.35. The number of hydrogen-bond donors (Lipinski definition) is 3. The van der Waals surface area contributed by atoms with E-state index in [9.17, 15) is 9.59 Å². The highest BCUT2D eigenvalue weighted by atomic mass is 16.2. The van der Waals surface area contributed by atoms with E-state index in [-0.39, 0.29) is 11.8 Å². The number of nitrogens with one attached hydrogen (secondary N) is 2. The summed E-state index contributed by atoms with van der Waals surface area (Å²) < 4.78 is 0. The molecule has 5 nitrogen and oxygen atoms in total. The minimum atomic E-state index is -0.879. The van der Waals surface area contributed by atoms with Gasteiger partial charge in [-0.1, -0.05) is 6.92 Å². The Morgan fingerprint density at radius 2 is 1.61 bits per heavy atom. The zero-order valence-electron chi connectivity index (χ0n) is 10.9. The Labute approximate surface area is 107 Å². The Kier molecular flexibility index (Phi) is 4.44. The predicted molar refractivity (Wildman–Crippen MR) is 72.3 cm³/mol. The van der Waals surface area contributed by atoms with Crippen LogP contribution in [0.4, 0.5) is 11.4 Å². The summed E-state index contributed by atoms with van der Waals surface area (Å²) in [6.45, 7) is 4.99.